The van der Waals surface area contributed by atoms with Gasteiger partial charge in [-0.15, -0.1) is 0 Å². The molecule has 0 aliphatic carbocycles. The van der Waals surface area contributed by atoms with Crippen molar-refractivity contribution in [2.24, 2.45) is 0 Å². The van der Waals surface area contributed by atoms with Crippen molar-refractivity contribution in [2.45, 2.75) is 0 Å². The lowest BCUT2D eigenvalue weighted by Gasteiger charge is -1.95. The molecule has 0 bridgehead atoms. The summed E-state index contributed by atoms with van der Waals surface area (Å²) in [5.74, 6) is -1.35. The third-order valence-electron chi connectivity index (χ3n) is 1.14. The average molecular weight is 155 g/mol. The number of aromatic carboxylic acids is 1. The summed E-state index contributed by atoms with van der Waals surface area (Å²) in [5.41, 5.74) is -1.07. The van der Waals surface area contributed by atoms with E-state index in [-0.39, 0.29) is 0 Å². The van der Waals surface area contributed by atoms with Gasteiger partial charge in [-0.1, -0.05) is 0 Å². The second kappa shape index (κ2) is 2.45. The van der Waals surface area contributed by atoms with Crippen LogP contribution in [-0.2, 0) is 0 Å². The molecule has 1 heterocycles. The van der Waals surface area contributed by atoms with Gasteiger partial charge in [-0.2, -0.15) is 0 Å². The van der Waals surface area contributed by atoms with Crippen molar-refractivity contribution in [3.05, 3.63) is 34.2 Å². The average Bonchev–Trinajstić information content (AvgIpc) is 1.94. The Morgan fingerprint density at radius 2 is 2.18 bits per heavy atom. The highest BCUT2D eigenvalue weighted by molar-refractivity contribution is 5.86. The van der Waals surface area contributed by atoms with Crippen LogP contribution in [0.4, 0.5) is 0 Å². The van der Waals surface area contributed by atoms with E-state index in [0.717, 1.165) is 18.5 Å². The van der Waals surface area contributed by atoms with E-state index in [1.807, 2.05) is 0 Å². The Kier molecular flexibility index (Phi) is 1.63. The first kappa shape index (κ1) is 7.33. The maximum atomic E-state index is 10.7. The zero-order valence-electron chi connectivity index (χ0n) is 5.39. The van der Waals surface area contributed by atoms with Gasteiger partial charge in [0.2, 0.25) is 0 Å². The topological polar surface area (TPSA) is 79.5 Å². The third kappa shape index (κ3) is 1.37. The lowest BCUT2D eigenvalue weighted by atomic mass is 10.3. The fourth-order valence-electron chi connectivity index (χ4n) is 0.633. The summed E-state index contributed by atoms with van der Waals surface area (Å²) >= 11 is 0. The Labute approximate surface area is 61.1 Å². The molecule has 1 rings (SSSR count). The van der Waals surface area contributed by atoms with Crippen LogP contribution in [0.2, 0.25) is 0 Å². The molecule has 11 heavy (non-hydrogen) atoms. The molecule has 0 radical (unpaired) electrons. The summed E-state index contributed by atoms with van der Waals surface area (Å²) in [7, 11) is 0. The Morgan fingerprint density at radius 3 is 2.64 bits per heavy atom. The zero-order chi connectivity index (χ0) is 8.43. The van der Waals surface area contributed by atoms with Crippen molar-refractivity contribution in [2.75, 3.05) is 0 Å². The molecule has 0 fully saturated rings. The van der Waals surface area contributed by atoms with Gasteiger partial charge in [0, 0.05) is 12.3 Å². The predicted octanol–water partition coefficient (Wildman–Crippen LogP) is -0.216. The van der Waals surface area contributed by atoms with Crippen molar-refractivity contribution in [1.29, 1.82) is 0 Å². The predicted molar refractivity (Wildman–Crippen MR) is 34.8 cm³/mol. The van der Waals surface area contributed by atoms with Crippen molar-refractivity contribution in [3.8, 4) is 0 Å². The summed E-state index contributed by atoms with van der Waals surface area (Å²) < 4.78 is 0.519. The van der Waals surface area contributed by atoms with Gasteiger partial charge in [-0.05, 0) is 0 Å². The minimum atomic E-state index is -1.35. The van der Waals surface area contributed by atoms with Crippen LogP contribution in [0.1, 0.15) is 10.4 Å². The summed E-state index contributed by atoms with van der Waals surface area (Å²) in [5, 5.41) is 17.1. The second-order valence-electron chi connectivity index (χ2n) is 1.91. The van der Waals surface area contributed by atoms with Crippen LogP contribution >= 0.6 is 0 Å². The molecule has 0 aliphatic heterocycles. The van der Waals surface area contributed by atoms with Crippen LogP contribution in [0.3, 0.4) is 0 Å². The van der Waals surface area contributed by atoms with Gasteiger partial charge in [-0.25, -0.2) is 9.52 Å². The minimum absolute atomic E-state index is 0.449. The fourth-order valence-corrected chi connectivity index (χ4v) is 0.633. The number of carbonyl (C=O) groups is 1. The monoisotopic (exact) mass is 155 g/mol. The number of aromatic nitrogens is 1. The standard InChI is InChI=1S/C6H5NO4/c8-5-1-2-7(11)3-4(5)6(9)10/h1-3,11H,(H,9,10). The largest absolute Gasteiger partial charge is 0.477 e. The van der Waals surface area contributed by atoms with Crippen LogP contribution in [0, 0.1) is 0 Å². The molecule has 0 aromatic carbocycles. The SMILES string of the molecule is O=C(O)c1cn(O)ccc1=O. The number of rotatable bonds is 1. The molecule has 1 aromatic rings. The number of carboxylic acids is 1. The maximum Gasteiger partial charge on any atom is 0.341 e. The molecule has 0 unspecified atom stereocenters. The Bertz CT molecular complexity index is 341. The van der Waals surface area contributed by atoms with Gasteiger partial charge >= 0.3 is 5.97 Å². The molecule has 1 aromatic heterocycles. The normalized spacial score (nSPS) is 9.45. The van der Waals surface area contributed by atoms with E-state index in [9.17, 15) is 9.59 Å². The van der Waals surface area contributed by atoms with Crippen molar-refractivity contribution < 1.29 is 15.1 Å². The van der Waals surface area contributed by atoms with Gasteiger partial charge in [0.15, 0.2) is 5.43 Å². The van der Waals surface area contributed by atoms with E-state index >= 15 is 0 Å². The van der Waals surface area contributed by atoms with Crippen molar-refractivity contribution in [3.63, 3.8) is 0 Å². The number of carboxylic acid groups (broad SMARTS) is 1. The summed E-state index contributed by atoms with van der Waals surface area (Å²) in [6.07, 6.45) is 1.90. The number of pyridine rings is 1. The van der Waals surface area contributed by atoms with Gasteiger partial charge in [0.1, 0.15) is 5.56 Å². The highest BCUT2D eigenvalue weighted by atomic mass is 16.5. The molecule has 0 spiro atoms. The van der Waals surface area contributed by atoms with Crippen LogP contribution < -0.4 is 5.43 Å². The molecule has 0 atom stereocenters. The van der Waals surface area contributed by atoms with Gasteiger partial charge < -0.3 is 10.3 Å². The molecule has 0 saturated carbocycles. The van der Waals surface area contributed by atoms with E-state index in [4.69, 9.17) is 10.3 Å². The summed E-state index contributed by atoms with van der Waals surface area (Å²) in [4.78, 5) is 21.0. The number of nitrogens with zero attached hydrogens (tertiary/aromatic N) is 1. The van der Waals surface area contributed by atoms with Gasteiger partial charge in [0.25, 0.3) is 0 Å². The molecular weight excluding hydrogens is 150 g/mol. The minimum Gasteiger partial charge on any atom is -0.477 e. The summed E-state index contributed by atoms with van der Waals surface area (Å²) in [6, 6.07) is 0.976. The molecule has 0 amide bonds. The first-order valence-corrected chi connectivity index (χ1v) is 2.76. The number of hydrogen-bond acceptors (Lipinski definition) is 3. The van der Waals surface area contributed by atoms with Crippen LogP contribution in [0.25, 0.3) is 0 Å². The molecule has 5 heteroatoms. The van der Waals surface area contributed by atoms with Crippen LogP contribution in [-0.4, -0.2) is 21.0 Å². The van der Waals surface area contributed by atoms with E-state index in [1.165, 1.54) is 0 Å². The lowest BCUT2D eigenvalue weighted by molar-refractivity contribution is 0.0689. The van der Waals surface area contributed by atoms with Crippen molar-refractivity contribution in [1.82, 2.24) is 4.73 Å². The smallest absolute Gasteiger partial charge is 0.341 e. The first-order chi connectivity index (χ1) is 5.11. The molecule has 0 saturated heterocycles. The zero-order valence-corrected chi connectivity index (χ0v) is 5.39. The Morgan fingerprint density at radius 1 is 1.55 bits per heavy atom. The van der Waals surface area contributed by atoms with E-state index in [0.29, 0.717) is 4.73 Å². The maximum absolute atomic E-state index is 10.7. The Hall–Kier alpha value is -1.78. The first-order valence-electron chi connectivity index (χ1n) is 2.76. The number of hydrogen-bond donors (Lipinski definition) is 2. The van der Waals surface area contributed by atoms with E-state index in [2.05, 4.69) is 0 Å². The fraction of sp³-hybridized carbons (Fsp3) is 0. The quantitative estimate of drug-likeness (QED) is 0.549. The van der Waals surface area contributed by atoms with Gasteiger partial charge in [-0.3, -0.25) is 4.79 Å². The summed E-state index contributed by atoms with van der Waals surface area (Å²) in [6.45, 7) is 0. The second-order valence-corrected chi connectivity index (χ2v) is 1.91. The molecule has 2 N–H and O–H groups in total. The highest BCUT2D eigenvalue weighted by Gasteiger charge is 2.07. The van der Waals surface area contributed by atoms with Crippen LogP contribution in [0.5, 0.6) is 0 Å². The third-order valence-corrected chi connectivity index (χ3v) is 1.14. The molecule has 58 valence electrons. The highest BCUT2D eigenvalue weighted by Crippen LogP contribution is 1.88. The van der Waals surface area contributed by atoms with Crippen molar-refractivity contribution >= 4 is 5.97 Å². The molecular formula is C6H5NO4. The van der Waals surface area contributed by atoms with Crippen LogP contribution in [0.15, 0.2) is 23.3 Å². The van der Waals surface area contributed by atoms with E-state index < -0.39 is 17.0 Å². The molecule has 5 nitrogen and oxygen atoms in total. The lowest BCUT2D eigenvalue weighted by Crippen LogP contribution is -2.15. The van der Waals surface area contributed by atoms with E-state index in [1.54, 1.807) is 0 Å². The van der Waals surface area contributed by atoms with Gasteiger partial charge in [0.05, 0.1) is 6.20 Å². The molecule has 0 aliphatic rings. The Balaban J connectivity index is 3.35.